The minimum Gasteiger partial charge on any atom is -0.421 e. The Kier molecular flexibility index (Phi) is 4.42. The van der Waals surface area contributed by atoms with Gasteiger partial charge in [0.2, 0.25) is 0 Å². The minimum absolute atomic E-state index is 0.0774. The fourth-order valence-electron chi connectivity index (χ4n) is 1.41. The molecule has 1 atom stereocenters. The highest BCUT2D eigenvalue weighted by Crippen LogP contribution is 2.15. The molecule has 0 spiro atoms. The lowest BCUT2D eigenvalue weighted by atomic mass is 10.3. The fourth-order valence-corrected chi connectivity index (χ4v) is 1.41. The molecule has 0 fully saturated rings. The van der Waals surface area contributed by atoms with Gasteiger partial charge in [0.1, 0.15) is 0 Å². The van der Waals surface area contributed by atoms with Crippen LogP contribution in [-0.4, -0.2) is 42.3 Å². The molecular weight excluding hydrogens is 194 g/mol. The van der Waals surface area contributed by atoms with E-state index in [1.807, 2.05) is 29.2 Å². The lowest BCUT2D eigenvalue weighted by Gasteiger charge is -2.29. The molecule has 5 heteroatoms. The summed E-state index contributed by atoms with van der Waals surface area (Å²) in [6.07, 6.45) is 5.70. The average Bonchev–Trinajstić information content (AvgIpc) is 2.57. The first-order chi connectivity index (χ1) is 7.19. The normalized spacial score (nSPS) is 19.8. The van der Waals surface area contributed by atoms with Gasteiger partial charge in [0.05, 0.1) is 6.54 Å². The van der Waals surface area contributed by atoms with Crippen LogP contribution in [0.3, 0.4) is 0 Å². The molecule has 86 valence electrons. The Hall–Kier alpha value is -1.23. The molecule has 0 aromatic rings. The first kappa shape index (κ1) is 11.8. The van der Waals surface area contributed by atoms with Crippen molar-refractivity contribution >= 4 is 5.97 Å². The van der Waals surface area contributed by atoms with Gasteiger partial charge < -0.3 is 20.3 Å². The van der Waals surface area contributed by atoms with E-state index in [0.717, 1.165) is 19.4 Å². The van der Waals surface area contributed by atoms with Gasteiger partial charge in [0.15, 0.2) is 0 Å². The Morgan fingerprint density at radius 3 is 2.87 bits per heavy atom. The molecule has 0 saturated carbocycles. The van der Waals surface area contributed by atoms with Crippen molar-refractivity contribution in [1.82, 2.24) is 9.80 Å². The number of carbonyl (C=O) groups is 1. The molecule has 0 amide bonds. The van der Waals surface area contributed by atoms with Crippen molar-refractivity contribution in [3.8, 4) is 0 Å². The second kappa shape index (κ2) is 5.60. The van der Waals surface area contributed by atoms with Gasteiger partial charge in [0.25, 0.3) is 6.35 Å². The molecular formula is C10H19N3O2. The molecule has 0 radical (unpaired) electrons. The second-order valence-corrected chi connectivity index (χ2v) is 3.58. The number of hydrogen-bond donors (Lipinski definition) is 1. The molecule has 1 unspecified atom stereocenters. The Morgan fingerprint density at radius 2 is 2.27 bits per heavy atom. The van der Waals surface area contributed by atoms with Crippen molar-refractivity contribution in [1.29, 1.82) is 0 Å². The number of carbonyl (C=O) groups excluding carboxylic acids is 1. The summed E-state index contributed by atoms with van der Waals surface area (Å²) >= 11 is 0. The predicted octanol–water partition coefficient (Wildman–Crippen LogP) is 0.291. The van der Waals surface area contributed by atoms with E-state index in [1.54, 1.807) is 0 Å². The van der Waals surface area contributed by atoms with Crippen LogP contribution in [0.2, 0.25) is 0 Å². The van der Waals surface area contributed by atoms with Gasteiger partial charge in [-0.15, -0.1) is 0 Å². The molecule has 2 N–H and O–H groups in total. The number of hydrogen-bond acceptors (Lipinski definition) is 5. The van der Waals surface area contributed by atoms with Crippen LogP contribution in [0.25, 0.3) is 0 Å². The van der Waals surface area contributed by atoms with Crippen LogP contribution in [-0.2, 0) is 9.53 Å². The maximum atomic E-state index is 11.1. The molecule has 0 aliphatic carbocycles. The molecule has 5 nitrogen and oxygen atoms in total. The van der Waals surface area contributed by atoms with Crippen LogP contribution in [0.4, 0.5) is 0 Å². The van der Waals surface area contributed by atoms with Crippen LogP contribution in [0.15, 0.2) is 12.4 Å². The van der Waals surface area contributed by atoms with E-state index in [2.05, 4.69) is 6.92 Å². The summed E-state index contributed by atoms with van der Waals surface area (Å²) in [5.74, 6) is -0.378. The zero-order valence-corrected chi connectivity index (χ0v) is 9.35. The van der Waals surface area contributed by atoms with E-state index < -0.39 is 0 Å². The Balaban J connectivity index is 2.47. The SMILES string of the molecule is CCCCN1C=CN(C)C1OC(=O)CN. The molecule has 0 bridgehead atoms. The monoisotopic (exact) mass is 213 g/mol. The molecule has 1 heterocycles. The number of unbranched alkanes of at least 4 members (excludes halogenated alkanes) is 1. The summed E-state index contributed by atoms with van der Waals surface area (Å²) in [4.78, 5) is 15.0. The van der Waals surface area contributed by atoms with E-state index in [0.29, 0.717) is 0 Å². The molecule has 1 aliphatic heterocycles. The first-order valence-corrected chi connectivity index (χ1v) is 5.24. The van der Waals surface area contributed by atoms with Crippen molar-refractivity contribution in [2.75, 3.05) is 20.1 Å². The topological polar surface area (TPSA) is 58.8 Å². The number of nitrogens with zero attached hydrogens (tertiary/aromatic N) is 2. The van der Waals surface area contributed by atoms with E-state index in [4.69, 9.17) is 10.5 Å². The van der Waals surface area contributed by atoms with Crippen LogP contribution >= 0.6 is 0 Å². The maximum Gasteiger partial charge on any atom is 0.322 e. The van der Waals surface area contributed by atoms with E-state index >= 15 is 0 Å². The number of ether oxygens (including phenoxy) is 1. The lowest BCUT2D eigenvalue weighted by molar-refractivity contribution is -0.165. The molecule has 1 rings (SSSR count). The lowest BCUT2D eigenvalue weighted by Crippen LogP contribution is -2.42. The third-order valence-corrected chi connectivity index (χ3v) is 2.30. The van der Waals surface area contributed by atoms with Crippen molar-refractivity contribution in [2.45, 2.75) is 26.1 Å². The van der Waals surface area contributed by atoms with Gasteiger partial charge >= 0.3 is 5.97 Å². The van der Waals surface area contributed by atoms with Crippen LogP contribution in [0.5, 0.6) is 0 Å². The van der Waals surface area contributed by atoms with Crippen LogP contribution < -0.4 is 5.73 Å². The highest BCUT2D eigenvalue weighted by Gasteiger charge is 2.26. The third kappa shape index (κ3) is 3.13. The van der Waals surface area contributed by atoms with Gasteiger partial charge in [-0.2, -0.15) is 0 Å². The molecule has 0 aromatic heterocycles. The van der Waals surface area contributed by atoms with Crippen LogP contribution in [0, 0.1) is 0 Å². The van der Waals surface area contributed by atoms with Crippen molar-refractivity contribution in [2.24, 2.45) is 5.73 Å². The minimum atomic E-state index is -0.378. The molecule has 1 aliphatic rings. The number of nitrogens with two attached hydrogens (primary N) is 1. The molecule has 15 heavy (non-hydrogen) atoms. The molecule has 0 aromatic carbocycles. The third-order valence-electron chi connectivity index (χ3n) is 2.30. The van der Waals surface area contributed by atoms with E-state index in [-0.39, 0.29) is 18.9 Å². The summed E-state index contributed by atoms with van der Waals surface area (Å²) in [5.41, 5.74) is 5.21. The summed E-state index contributed by atoms with van der Waals surface area (Å²) in [5, 5.41) is 0. The maximum absolute atomic E-state index is 11.1. The summed E-state index contributed by atoms with van der Waals surface area (Å²) < 4.78 is 5.21. The smallest absolute Gasteiger partial charge is 0.322 e. The second-order valence-electron chi connectivity index (χ2n) is 3.58. The number of rotatable bonds is 5. The summed E-state index contributed by atoms with van der Waals surface area (Å²) in [6.45, 7) is 2.94. The Labute approximate surface area is 90.5 Å². The quantitative estimate of drug-likeness (QED) is 0.665. The van der Waals surface area contributed by atoms with Crippen molar-refractivity contribution in [3.63, 3.8) is 0 Å². The Morgan fingerprint density at radius 1 is 1.53 bits per heavy atom. The van der Waals surface area contributed by atoms with Gasteiger partial charge in [0, 0.05) is 26.0 Å². The molecule has 0 saturated heterocycles. The van der Waals surface area contributed by atoms with Gasteiger partial charge in [-0.1, -0.05) is 13.3 Å². The zero-order valence-electron chi connectivity index (χ0n) is 9.35. The summed E-state index contributed by atoms with van der Waals surface area (Å²) in [6, 6.07) is 0. The summed E-state index contributed by atoms with van der Waals surface area (Å²) in [7, 11) is 1.87. The highest BCUT2D eigenvalue weighted by atomic mass is 16.6. The van der Waals surface area contributed by atoms with Gasteiger partial charge in [-0.3, -0.25) is 4.79 Å². The van der Waals surface area contributed by atoms with Gasteiger partial charge in [-0.05, 0) is 6.42 Å². The Bertz CT molecular complexity index is 243. The number of esters is 1. The largest absolute Gasteiger partial charge is 0.421 e. The first-order valence-electron chi connectivity index (χ1n) is 5.24. The van der Waals surface area contributed by atoms with E-state index in [9.17, 15) is 4.79 Å². The van der Waals surface area contributed by atoms with Crippen molar-refractivity contribution < 1.29 is 9.53 Å². The standard InChI is InChI=1S/C10H19N3O2/c1-3-4-5-13-7-6-12(2)10(13)15-9(14)8-11/h6-7,10H,3-5,8,11H2,1-2H3. The average molecular weight is 213 g/mol. The van der Waals surface area contributed by atoms with Gasteiger partial charge in [-0.25, -0.2) is 0 Å². The zero-order chi connectivity index (χ0) is 11.3. The van der Waals surface area contributed by atoms with E-state index in [1.165, 1.54) is 0 Å². The predicted molar refractivity (Wildman–Crippen MR) is 57.5 cm³/mol. The fraction of sp³-hybridized carbons (Fsp3) is 0.700. The van der Waals surface area contributed by atoms with Crippen LogP contribution in [0.1, 0.15) is 19.8 Å². The highest BCUT2D eigenvalue weighted by molar-refractivity contribution is 5.71. The van der Waals surface area contributed by atoms with Crippen molar-refractivity contribution in [3.05, 3.63) is 12.4 Å².